The molecule has 7 nitrogen and oxygen atoms in total. The van der Waals surface area contributed by atoms with Crippen molar-refractivity contribution < 1.29 is 24.2 Å². The fraction of sp³-hybridized carbons (Fsp3) is 0.438. The summed E-state index contributed by atoms with van der Waals surface area (Å²) in [5, 5.41) is 13.9. The Morgan fingerprint density at radius 2 is 1.83 bits per heavy atom. The van der Waals surface area contributed by atoms with Crippen molar-refractivity contribution in [2.24, 2.45) is 5.92 Å². The zero-order chi connectivity index (χ0) is 17.2. The molecule has 23 heavy (non-hydrogen) atoms. The number of carbonyl (C=O) groups excluding carboxylic acids is 2. The zero-order valence-electron chi connectivity index (χ0n) is 13.2. The second kappa shape index (κ2) is 9.45. The van der Waals surface area contributed by atoms with Gasteiger partial charge in [0.25, 0.3) is 5.91 Å². The highest BCUT2D eigenvalue weighted by Gasteiger charge is 2.25. The molecular formula is C16H22N2O5. The fourth-order valence-corrected chi connectivity index (χ4v) is 1.80. The smallest absolute Gasteiger partial charge is 0.326 e. The number of carboxylic acids is 1. The van der Waals surface area contributed by atoms with Crippen LogP contribution in [0.2, 0.25) is 0 Å². The Bertz CT molecular complexity index is 533. The molecule has 2 unspecified atom stereocenters. The van der Waals surface area contributed by atoms with Crippen LogP contribution in [0, 0.1) is 5.92 Å². The van der Waals surface area contributed by atoms with E-state index in [1.54, 1.807) is 31.2 Å². The van der Waals surface area contributed by atoms with E-state index >= 15 is 0 Å². The van der Waals surface area contributed by atoms with Crippen LogP contribution >= 0.6 is 0 Å². The normalized spacial score (nSPS) is 12.8. The van der Waals surface area contributed by atoms with E-state index in [4.69, 9.17) is 9.84 Å². The first-order chi connectivity index (χ1) is 10.9. The van der Waals surface area contributed by atoms with Crippen molar-refractivity contribution in [2.75, 3.05) is 13.2 Å². The van der Waals surface area contributed by atoms with Gasteiger partial charge in [0, 0.05) is 0 Å². The van der Waals surface area contributed by atoms with Crippen LogP contribution in [0.4, 0.5) is 0 Å². The molecule has 0 aliphatic heterocycles. The first-order valence-electron chi connectivity index (χ1n) is 7.40. The van der Waals surface area contributed by atoms with Crippen molar-refractivity contribution in [2.45, 2.75) is 26.3 Å². The number of hydrogen-bond acceptors (Lipinski definition) is 4. The quantitative estimate of drug-likeness (QED) is 0.624. The molecule has 0 heterocycles. The minimum atomic E-state index is -1.09. The maximum Gasteiger partial charge on any atom is 0.326 e. The summed E-state index contributed by atoms with van der Waals surface area (Å²) in [6.07, 6.45) is 0.620. The van der Waals surface area contributed by atoms with Crippen LogP contribution in [0.5, 0.6) is 5.75 Å². The predicted molar refractivity (Wildman–Crippen MR) is 84.0 cm³/mol. The molecule has 0 radical (unpaired) electrons. The number of benzene rings is 1. The van der Waals surface area contributed by atoms with Crippen LogP contribution in [-0.4, -0.2) is 42.1 Å². The molecule has 0 bridgehead atoms. The van der Waals surface area contributed by atoms with Crippen LogP contribution < -0.4 is 15.4 Å². The number of amides is 2. The lowest BCUT2D eigenvalue weighted by Crippen LogP contribution is -2.48. The maximum absolute atomic E-state index is 11.7. The van der Waals surface area contributed by atoms with E-state index in [-0.39, 0.29) is 19.1 Å². The minimum absolute atomic E-state index is 0.200. The molecule has 1 rings (SSSR count). The third-order valence-corrected chi connectivity index (χ3v) is 3.35. The summed E-state index contributed by atoms with van der Waals surface area (Å²) in [6, 6.07) is 7.84. The molecular weight excluding hydrogens is 300 g/mol. The monoisotopic (exact) mass is 322 g/mol. The molecule has 0 saturated heterocycles. The number of hydrogen-bond donors (Lipinski definition) is 3. The molecule has 2 amide bonds. The first kappa shape index (κ1) is 18.5. The molecule has 0 spiro atoms. The van der Waals surface area contributed by atoms with Gasteiger partial charge in [-0.3, -0.25) is 9.59 Å². The first-order valence-corrected chi connectivity index (χ1v) is 7.40. The van der Waals surface area contributed by atoms with E-state index in [2.05, 4.69) is 10.6 Å². The number of para-hydroxylation sites is 1. The molecule has 0 aliphatic carbocycles. The summed E-state index contributed by atoms with van der Waals surface area (Å²) < 4.78 is 5.24. The Hall–Kier alpha value is -2.57. The van der Waals surface area contributed by atoms with E-state index < -0.39 is 23.8 Å². The Labute approximate surface area is 135 Å². The zero-order valence-corrected chi connectivity index (χ0v) is 13.2. The van der Waals surface area contributed by atoms with Crippen LogP contribution in [0.25, 0.3) is 0 Å². The van der Waals surface area contributed by atoms with Crippen LogP contribution in [0.15, 0.2) is 30.3 Å². The standard InChI is InChI=1S/C16H22N2O5/c1-3-11(2)15(16(21)22)18-13(19)9-17-14(20)10-23-12-7-5-4-6-8-12/h4-8,11,15H,3,9-10H2,1-2H3,(H,17,20)(H,18,19)(H,21,22). The average molecular weight is 322 g/mol. The lowest BCUT2D eigenvalue weighted by Gasteiger charge is -2.20. The van der Waals surface area contributed by atoms with Gasteiger partial charge >= 0.3 is 5.97 Å². The van der Waals surface area contributed by atoms with Crippen molar-refractivity contribution >= 4 is 17.8 Å². The molecule has 7 heteroatoms. The van der Waals surface area contributed by atoms with E-state index in [0.29, 0.717) is 12.2 Å². The van der Waals surface area contributed by atoms with Gasteiger partial charge in [-0.2, -0.15) is 0 Å². The van der Waals surface area contributed by atoms with Gasteiger partial charge in [-0.05, 0) is 18.1 Å². The summed E-state index contributed by atoms with van der Waals surface area (Å²) in [4.78, 5) is 34.4. The van der Waals surface area contributed by atoms with Gasteiger partial charge in [-0.1, -0.05) is 38.5 Å². The Morgan fingerprint density at radius 1 is 1.17 bits per heavy atom. The topological polar surface area (TPSA) is 105 Å². The summed E-state index contributed by atoms with van der Waals surface area (Å²) >= 11 is 0. The molecule has 3 N–H and O–H groups in total. The van der Waals surface area contributed by atoms with Crippen molar-refractivity contribution in [3.63, 3.8) is 0 Å². The summed E-state index contributed by atoms with van der Waals surface area (Å²) in [6.45, 7) is 3.07. The second-order valence-corrected chi connectivity index (χ2v) is 5.15. The third-order valence-electron chi connectivity index (χ3n) is 3.35. The highest BCUT2D eigenvalue weighted by atomic mass is 16.5. The average Bonchev–Trinajstić information content (AvgIpc) is 2.55. The summed E-state index contributed by atoms with van der Waals surface area (Å²) in [5.41, 5.74) is 0. The van der Waals surface area contributed by atoms with Gasteiger partial charge in [0.2, 0.25) is 5.91 Å². The van der Waals surface area contributed by atoms with Crippen molar-refractivity contribution in [3.8, 4) is 5.75 Å². The van der Waals surface area contributed by atoms with E-state index in [1.165, 1.54) is 0 Å². The molecule has 126 valence electrons. The molecule has 0 fully saturated rings. The number of rotatable bonds is 9. The van der Waals surface area contributed by atoms with Crippen LogP contribution in [-0.2, 0) is 14.4 Å². The van der Waals surface area contributed by atoms with Gasteiger partial charge in [-0.15, -0.1) is 0 Å². The third kappa shape index (κ3) is 6.82. The highest BCUT2D eigenvalue weighted by Crippen LogP contribution is 2.08. The Morgan fingerprint density at radius 3 is 2.39 bits per heavy atom. The molecule has 0 aromatic heterocycles. The van der Waals surface area contributed by atoms with Gasteiger partial charge < -0.3 is 20.5 Å². The summed E-state index contributed by atoms with van der Waals surface area (Å²) in [5.74, 6) is -1.75. The predicted octanol–water partition coefficient (Wildman–Crippen LogP) is 0.797. The van der Waals surface area contributed by atoms with Gasteiger partial charge in [0.15, 0.2) is 6.61 Å². The van der Waals surface area contributed by atoms with Gasteiger partial charge in [-0.25, -0.2) is 4.79 Å². The highest BCUT2D eigenvalue weighted by molar-refractivity contribution is 5.88. The van der Waals surface area contributed by atoms with Crippen LogP contribution in [0.3, 0.4) is 0 Å². The number of nitrogens with one attached hydrogen (secondary N) is 2. The molecule has 1 aromatic rings. The largest absolute Gasteiger partial charge is 0.484 e. The summed E-state index contributed by atoms with van der Waals surface area (Å²) in [7, 11) is 0. The van der Waals surface area contributed by atoms with Gasteiger partial charge in [0.1, 0.15) is 11.8 Å². The van der Waals surface area contributed by atoms with Crippen molar-refractivity contribution in [3.05, 3.63) is 30.3 Å². The fourth-order valence-electron chi connectivity index (χ4n) is 1.80. The van der Waals surface area contributed by atoms with E-state index in [9.17, 15) is 14.4 Å². The van der Waals surface area contributed by atoms with Gasteiger partial charge in [0.05, 0.1) is 6.54 Å². The van der Waals surface area contributed by atoms with E-state index in [1.807, 2.05) is 13.0 Å². The lowest BCUT2D eigenvalue weighted by atomic mass is 9.99. The second-order valence-electron chi connectivity index (χ2n) is 5.15. The SMILES string of the molecule is CCC(C)C(NC(=O)CNC(=O)COc1ccccc1)C(=O)O. The van der Waals surface area contributed by atoms with Crippen molar-refractivity contribution in [1.82, 2.24) is 10.6 Å². The number of aliphatic carboxylic acids is 1. The van der Waals surface area contributed by atoms with Crippen LogP contribution in [0.1, 0.15) is 20.3 Å². The Kier molecular flexibility index (Phi) is 7.59. The maximum atomic E-state index is 11.7. The minimum Gasteiger partial charge on any atom is -0.484 e. The Balaban J connectivity index is 2.34. The lowest BCUT2D eigenvalue weighted by molar-refractivity contribution is -0.143. The van der Waals surface area contributed by atoms with Crippen molar-refractivity contribution in [1.29, 1.82) is 0 Å². The molecule has 0 saturated carbocycles. The van der Waals surface area contributed by atoms with E-state index in [0.717, 1.165) is 0 Å². The molecule has 1 aromatic carbocycles. The molecule has 2 atom stereocenters. The number of carbonyl (C=O) groups is 3. The number of ether oxygens (including phenoxy) is 1. The number of carboxylic acid groups (broad SMARTS) is 1. The molecule has 0 aliphatic rings.